The zero-order chi connectivity index (χ0) is 20.2. The van der Waals surface area contributed by atoms with E-state index in [0.717, 1.165) is 39.7 Å². The summed E-state index contributed by atoms with van der Waals surface area (Å²) in [5.74, 6) is -0.163. The molecule has 4 rings (SSSR count). The van der Waals surface area contributed by atoms with Crippen LogP contribution in [0, 0.1) is 0 Å². The molecule has 0 unspecified atom stereocenters. The van der Waals surface area contributed by atoms with Gasteiger partial charge in [-0.15, -0.1) is 6.58 Å². The number of H-pyrrole nitrogens is 1. The molecule has 6 nitrogen and oxygen atoms in total. The fourth-order valence-electron chi connectivity index (χ4n) is 3.23. The van der Waals surface area contributed by atoms with Crippen molar-refractivity contribution in [2.45, 2.75) is 19.4 Å². The maximum Gasteiger partial charge on any atom is 0.289 e. The second-order valence-electron chi connectivity index (χ2n) is 6.84. The number of nitrogens with one attached hydrogen (secondary N) is 2. The molecule has 3 heterocycles. The van der Waals surface area contributed by atoms with Gasteiger partial charge in [-0.3, -0.25) is 4.79 Å². The standard InChI is InChI=1S/C23H21N5O/c1-3-7-16-10-19-20(14-27-21(19)24-11-16)18-12-25-22(26-13-18)23(29)28-15(2)17-8-5-4-6-9-17/h3-6,8-15H,1,7H2,2H3,(H,24,27)(H,28,29)/t15-/m0/s1. The van der Waals surface area contributed by atoms with Crippen molar-refractivity contribution in [1.29, 1.82) is 0 Å². The van der Waals surface area contributed by atoms with Crippen molar-refractivity contribution in [3.05, 3.63) is 90.8 Å². The number of carbonyl (C=O) groups is 1. The average molecular weight is 383 g/mol. The second kappa shape index (κ2) is 8.06. The summed E-state index contributed by atoms with van der Waals surface area (Å²) in [5, 5.41) is 3.92. The van der Waals surface area contributed by atoms with E-state index in [1.54, 1.807) is 12.4 Å². The molecule has 144 valence electrons. The molecule has 0 bridgehead atoms. The van der Waals surface area contributed by atoms with Gasteiger partial charge in [0.2, 0.25) is 5.82 Å². The summed E-state index contributed by atoms with van der Waals surface area (Å²) in [6, 6.07) is 11.7. The molecule has 3 aromatic heterocycles. The van der Waals surface area contributed by atoms with Crippen LogP contribution in [-0.2, 0) is 6.42 Å². The van der Waals surface area contributed by atoms with Crippen LogP contribution in [0.5, 0.6) is 0 Å². The molecule has 0 aliphatic rings. The van der Waals surface area contributed by atoms with Crippen molar-refractivity contribution in [3.63, 3.8) is 0 Å². The summed E-state index contributed by atoms with van der Waals surface area (Å²) in [6.45, 7) is 5.71. The van der Waals surface area contributed by atoms with Gasteiger partial charge < -0.3 is 10.3 Å². The minimum atomic E-state index is -0.304. The lowest BCUT2D eigenvalue weighted by Crippen LogP contribution is -2.28. The van der Waals surface area contributed by atoms with Crippen LogP contribution in [-0.4, -0.2) is 25.8 Å². The summed E-state index contributed by atoms with van der Waals surface area (Å²) < 4.78 is 0. The lowest BCUT2D eigenvalue weighted by molar-refractivity contribution is 0.0929. The summed E-state index contributed by atoms with van der Waals surface area (Å²) in [6.07, 6.45) is 9.65. The molecule has 1 atom stereocenters. The van der Waals surface area contributed by atoms with Crippen LogP contribution in [0.2, 0.25) is 0 Å². The average Bonchev–Trinajstić information content (AvgIpc) is 3.18. The summed E-state index contributed by atoms with van der Waals surface area (Å²) in [4.78, 5) is 28.7. The van der Waals surface area contributed by atoms with Crippen LogP contribution in [0.4, 0.5) is 0 Å². The maximum absolute atomic E-state index is 12.5. The lowest BCUT2D eigenvalue weighted by atomic mass is 10.1. The number of pyridine rings is 1. The van der Waals surface area contributed by atoms with Crippen molar-refractivity contribution >= 4 is 16.9 Å². The number of amides is 1. The molecule has 29 heavy (non-hydrogen) atoms. The Hall–Kier alpha value is -3.80. The second-order valence-corrected chi connectivity index (χ2v) is 6.84. The summed E-state index contributed by atoms with van der Waals surface area (Å²) >= 11 is 0. The van der Waals surface area contributed by atoms with Crippen molar-refractivity contribution in [3.8, 4) is 11.1 Å². The Morgan fingerprint density at radius 2 is 1.93 bits per heavy atom. The van der Waals surface area contributed by atoms with Crippen molar-refractivity contribution in [1.82, 2.24) is 25.3 Å². The van der Waals surface area contributed by atoms with Gasteiger partial charge in [0.25, 0.3) is 5.91 Å². The highest BCUT2D eigenvalue weighted by Gasteiger charge is 2.15. The van der Waals surface area contributed by atoms with Crippen LogP contribution in [0.3, 0.4) is 0 Å². The van der Waals surface area contributed by atoms with Gasteiger partial charge in [0.15, 0.2) is 0 Å². The zero-order valence-electron chi connectivity index (χ0n) is 16.1. The first-order valence-corrected chi connectivity index (χ1v) is 9.41. The van der Waals surface area contributed by atoms with E-state index in [0.29, 0.717) is 0 Å². The monoisotopic (exact) mass is 383 g/mol. The van der Waals surface area contributed by atoms with Crippen LogP contribution in [0.15, 0.2) is 73.8 Å². The van der Waals surface area contributed by atoms with Gasteiger partial charge in [-0.05, 0) is 30.5 Å². The number of rotatable bonds is 6. The third-order valence-corrected chi connectivity index (χ3v) is 4.78. The molecule has 0 saturated heterocycles. The number of hydrogen-bond acceptors (Lipinski definition) is 4. The van der Waals surface area contributed by atoms with E-state index < -0.39 is 0 Å². The smallest absolute Gasteiger partial charge is 0.289 e. The lowest BCUT2D eigenvalue weighted by Gasteiger charge is -2.13. The number of fused-ring (bicyclic) bond motifs is 1. The van der Waals surface area contributed by atoms with Crippen molar-refractivity contribution in [2.75, 3.05) is 0 Å². The first kappa shape index (κ1) is 18.6. The Morgan fingerprint density at radius 1 is 1.17 bits per heavy atom. The SMILES string of the molecule is C=CCc1cnc2[nH]cc(-c3cnc(C(=O)N[C@@H](C)c4ccccc4)nc3)c2c1. The first-order valence-electron chi connectivity index (χ1n) is 9.41. The van der Waals surface area contributed by atoms with Gasteiger partial charge in [-0.25, -0.2) is 15.0 Å². The van der Waals surface area contributed by atoms with Gasteiger partial charge in [-0.2, -0.15) is 0 Å². The molecule has 0 fully saturated rings. The number of aromatic amines is 1. The summed E-state index contributed by atoms with van der Waals surface area (Å²) in [5.41, 5.74) is 4.68. The van der Waals surface area contributed by atoms with Gasteiger partial charge in [0.1, 0.15) is 5.65 Å². The molecule has 0 spiro atoms. The number of hydrogen-bond donors (Lipinski definition) is 2. The van der Waals surface area contributed by atoms with E-state index in [4.69, 9.17) is 0 Å². The number of carbonyl (C=O) groups excluding carboxylic acids is 1. The Bertz CT molecular complexity index is 1150. The Kier molecular flexibility index (Phi) is 5.16. The van der Waals surface area contributed by atoms with E-state index in [2.05, 4.69) is 37.9 Å². The number of nitrogens with zero attached hydrogens (tertiary/aromatic N) is 3. The highest BCUT2D eigenvalue weighted by Crippen LogP contribution is 2.27. The molecule has 0 aliphatic heterocycles. The molecule has 0 radical (unpaired) electrons. The first-order chi connectivity index (χ1) is 14.2. The van der Waals surface area contributed by atoms with Crippen molar-refractivity contribution in [2.24, 2.45) is 0 Å². The fourth-order valence-corrected chi connectivity index (χ4v) is 3.23. The summed E-state index contributed by atoms with van der Waals surface area (Å²) in [7, 11) is 0. The van der Waals surface area contributed by atoms with E-state index in [-0.39, 0.29) is 17.8 Å². The molecule has 1 amide bonds. The minimum Gasteiger partial charge on any atom is -0.346 e. The Morgan fingerprint density at radius 3 is 2.66 bits per heavy atom. The van der Waals surface area contributed by atoms with Gasteiger partial charge >= 0.3 is 0 Å². The van der Waals surface area contributed by atoms with E-state index in [9.17, 15) is 4.79 Å². The topological polar surface area (TPSA) is 83.6 Å². The largest absolute Gasteiger partial charge is 0.346 e. The van der Waals surface area contributed by atoms with E-state index in [1.807, 2.05) is 55.7 Å². The molecular formula is C23H21N5O. The van der Waals surface area contributed by atoms with Gasteiger partial charge in [0, 0.05) is 41.3 Å². The Balaban J connectivity index is 1.55. The van der Waals surface area contributed by atoms with E-state index >= 15 is 0 Å². The van der Waals surface area contributed by atoms with Gasteiger partial charge in [-0.1, -0.05) is 36.4 Å². The fraction of sp³-hybridized carbons (Fsp3) is 0.130. The van der Waals surface area contributed by atoms with Crippen LogP contribution >= 0.6 is 0 Å². The molecular weight excluding hydrogens is 362 g/mol. The van der Waals surface area contributed by atoms with Gasteiger partial charge in [0.05, 0.1) is 6.04 Å². The highest BCUT2D eigenvalue weighted by atomic mass is 16.2. The number of aromatic nitrogens is 4. The molecule has 4 aromatic rings. The third-order valence-electron chi connectivity index (χ3n) is 4.78. The quantitative estimate of drug-likeness (QED) is 0.488. The molecule has 0 saturated carbocycles. The molecule has 6 heteroatoms. The third kappa shape index (κ3) is 3.91. The minimum absolute atomic E-state index is 0.130. The number of benzene rings is 1. The predicted octanol–water partition coefficient (Wildman–Crippen LogP) is 4.24. The molecule has 0 aliphatic carbocycles. The normalized spacial score (nSPS) is 11.9. The predicted molar refractivity (Wildman–Crippen MR) is 113 cm³/mol. The zero-order valence-corrected chi connectivity index (χ0v) is 16.1. The highest BCUT2D eigenvalue weighted by molar-refractivity contribution is 5.94. The van der Waals surface area contributed by atoms with E-state index in [1.165, 1.54) is 0 Å². The molecule has 1 aromatic carbocycles. The maximum atomic E-state index is 12.5. The Labute approximate surface area is 168 Å². The van der Waals surface area contributed by atoms with Crippen LogP contribution in [0.1, 0.15) is 34.7 Å². The molecule has 2 N–H and O–H groups in total. The number of allylic oxidation sites excluding steroid dienone is 1. The van der Waals surface area contributed by atoms with Crippen molar-refractivity contribution < 1.29 is 4.79 Å². The van der Waals surface area contributed by atoms with Crippen LogP contribution < -0.4 is 5.32 Å². The van der Waals surface area contributed by atoms with Crippen LogP contribution in [0.25, 0.3) is 22.2 Å².